The molecule has 0 amide bonds. The highest BCUT2D eigenvalue weighted by atomic mass is 16.5. The quantitative estimate of drug-likeness (QED) is 0.463. The first-order valence-corrected chi connectivity index (χ1v) is 8.05. The monoisotopic (exact) mass is 323 g/mol. The number of hydrogen-bond donors (Lipinski definition) is 0. The van der Waals surface area contributed by atoms with Gasteiger partial charge in [0.2, 0.25) is 0 Å². The van der Waals surface area contributed by atoms with Crippen molar-refractivity contribution < 1.29 is 14.3 Å². The van der Waals surface area contributed by atoms with E-state index in [0.29, 0.717) is 18.8 Å². The zero-order valence-electron chi connectivity index (χ0n) is 13.8. The van der Waals surface area contributed by atoms with Crippen molar-refractivity contribution in [1.82, 2.24) is 4.57 Å². The van der Waals surface area contributed by atoms with E-state index < -0.39 is 0 Å². The van der Waals surface area contributed by atoms with Gasteiger partial charge in [0, 0.05) is 42.9 Å². The Morgan fingerprint density at radius 2 is 1.96 bits per heavy atom. The molecule has 0 bridgehead atoms. The number of carbonyl (C=O) groups is 1. The van der Waals surface area contributed by atoms with Crippen LogP contribution in [0.3, 0.4) is 0 Å². The maximum absolute atomic E-state index is 11.4. The number of aryl methyl sites for hydroxylation is 1. The summed E-state index contributed by atoms with van der Waals surface area (Å²) in [6.07, 6.45) is 3.70. The second-order valence-corrected chi connectivity index (χ2v) is 5.70. The highest BCUT2D eigenvalue weighted by Crippen LogP contribution is 2.26. The van der Waals surface area contributed by atoms with Crippen molar-refractivity contribution in [2.45, 2.75) is 19.6 Å². The highest BCUT2D eigenvalue weighted by molar-refractivity contribution is 5.98. The number of ether oxygens (including phenoxy) is 2. The van der Waals surface area contributed by atoms with Gasteiger partial charge < -0.3 is 14.0 Å². The number of methoxy groups -OCH3 is 1. The third-order valence-corrected chi connectivity index (χ3v) is 4.01. The maximum atomic E-state index is 11.4. The van der Waals surface area contributed by atoms with Crippen LogP contribution in [0.2, 0.25) is 0 Å². The summed E-state index contributed by atoms with van der Waals surface area (Å²) in [6, 6.07) is 15.9. The van der Waals surface area contributed by atoms with Crippen LogP contribution >= 0.6 is 0 Å². The molecular formula is C20H21NO3. The molecule has 3 aromatic rings. The van der Waals surface area contributed by atoms with E-state index in [2.05, 4.69) is 4.57 Å². The Bertz CT molecular complexity index is 808. The van der Waals surface area contributed by atoms with Crippen molar-refractivity contribution in [3.8, 4) is 5.75 Å². The standard InChI is InChI=1S/C20H21NO3/c1-23-11-5-10-21-13-17(14-22)19-12-18(8-9-20(19)21)24-15-16-6-3-2-4-7-16/h2-4,6-9,12-14H,5,10-11,15H2,1H3. The number of aromatic nitrogens is 1. The Morgan fingerprint density at radius 1 is 1.12 bits per heavy atom. The van der Waals surface area contributed by atoms with Gasteiger partial charge in [-0.05, 0) is 30.2 Å². The van der Waals surface area contributed by atoms with Crippen molar-refractivity contribution in [3.63, 3.8) is 0 Å². The van der Waals surface area contributed by atoms with Gasteiger partial charge in [-0.2, -0.15) is 0 Å². The average Bonchev–Trinajstić information content (AvgIpc) is 2.98. The highest BCUT2D eigenvalue weighted by Gasteiger charge is 2.09. The van der Waals surface area contributed by atoms with E-state index in [1.165, 1.54) is 0 Å². The SMILES string of the molecule is COCCCn1cc(C=O)c2cc(OCc3ccccc3)ccc21. The van der Waals surface area contributed by atoms with Crippen LogP contribution in [0.25, 0.3) is 10.9 Å². The summed E-state index contributed by atoms with van der Waals surface area (Å²) in [6.45, 7) is 2.04. The van der Waals surface area contributed by atoms with Crippen LogP contribution < -0.4 is 4.74 Å². The minimum atomic E-state index is 0.511. The summed E-state index contributed by atoms with van der Waals surface area (Å²) >= 11 is 0. The van der Waals surface area contributed by atoms with E-state index in [0.717, 1.165) is 41.5 Å². The van der Waals surface area contributed by atoms with Crippen LogP contribution in [0.4, 0.5) is 0 Å². The van der Waals surface area contributed by atoms with Crippen molar-refractivity contribution >= 4 is 17.2 Å². The zero-order valence-corrected chi connectivity index (χ0v) is 13.8. The third kappa shape index (κ3) is 3.66. The van der Waals surface area contributed by atoms with Gasteiger partial charge in [0.1, 0.15) is 12.4 Å². The molecule has 0 aliphatic rings. The molecule has 0 saturated carbocycles. The summed E-state index contributed by atoms with van der Waals surface area (Å²) < 4.78 is 13.1. The van der Waals surface area contributed by atoms with E-state index in [-0.39, 0.29) is 0 Å². The average molecular weight is 323 g/mol. The number of carbonyl (C=O) groups excluding carboxylic acids is 1. The van der Waals surface area contributed by atoms with E-state index in [4.69, 9.17) is 9.47 Å². The van der Waals surface area contributed by atoms with Crippen molar-refractivity contribution in [3.05, 3.63) is 65.9 Å². The molecule has 1 aromatic heterocycles. The lowest BCUT2D eigenvalue weighted by molar-refractivity contribution is 0.112. The molecule has 0 N–H and O–H groups in total. The minimum absolute atomic E-state index is 0.511. The number of aldehydes is 1. The summed E-state index contributed by atoms with van der Waals surface area (Å²) in [4.78, 5) is 11.4. The van der Waals surface area contributed by atoms with Crippen LogP contribution in [0.5, 0.6) is 5.75 Å². The molecular weight excluding hydrogens is 302 g/mol. The smallest absolute Gasteiger partial charge is 0.152 e. The zero-order chi connectivity index (χ0) is 16.8. The lowest BCUT2D eigenvalue weighted by atomic mass is 10.2. The lowest BCUT2D eigenvalue weighted by Gasteiger charge is -2.08. The second kappa shape index (κ2) is 7.79. The van der Waals surface area contributed by atoms with Crippen LogP contribution in [-0.4, -0.2) is 24.6 Å². The molecule has 0 atom stereocenters. The molecule has 2 aromatic carbocycles. The minimum Gasteiger partial charge on any atom is -0.489 e. The molecule has 4 heteroatoms. The molecule has 0 aliphatic heterocycles. The molecule has 3 rings (SSSR count). The molecule has 124 valence electrons. The van der Waals surface area contributed by atoms with Crippen molar-refractivity contribution in [2.75, 3.05) is 13.7 Å². The van der Waals surface area contributed by atoms with Gasteiger partial charge in [-0.1, -0.05) is 30.3 Å². The maximum Gasteiger partial charge on any atom is 0.152 e. The molecule has 4 nitrogen and oxygen atoms in total. The van der Waals surface area contributed by atoms with Crippen molar-refractivity contribution in [1.29, 1.82) is 0 Å². The Hall–Kier alpha value is -2.59. The number of rotatable bonds is 8. The molecule has 0 unspecified atom stereocenters. The fraction of sp³-hybridized carbons (Fsp3) is 0.250. The van der Waals surface area contributed by atoms with E-state index in [1.54, 1.807) is 7.11 Å². The number of fused-ring (bicyclic) bond motifs is 1. The molecule has 1 heterocycles. The van der Waals surface area contributed by atoms with Crippen LogP contribution in [0, 0.1) is 0 Å². The fourth-order valence-corrected chi connectivity index (χ4v) is 2.79. The van der Waals surface area contributed by atoms with Crippen LogP contribution in [0.15, 0.2) is 54.7 Å². The normalized spacial score (nSPS) is 10.9. The second-order valence-electron chi connectivity index (χ2n) is 5.70. The Morgan fingerprint density at radius 3 is 2.71 bits per heavy atom. The van der Waals surface area contributed by atoms with Gasteiger partial charge in [0.25, 0.3) is 0 Å². The largest absolute Gasteiger partial charge is 0.489 e. The van der Waals surface area contributed by atoms with Gasteiger partial charge in [0.15, 0.2) is 6.29 Å². The van der Waals surface area contributed by atoms with E-state index in [9.17, 15) is 4.79 Å². The molecule has 0 spiro atoms. The van der Waals surface area contributed by atoms with Crippen LogP contribution in [-0.2, 0) is 17.9 Å². The summed E-state index contributed by atoms with van der Waals surface area (Å²) in [5, 5.41) is 0.924. The number of nitrogens with zero attached hydrogens (tertiary/aromatic N) is 1. The lowest BCUT2D eigenvalue weighted by Crippen LogP contribution is -2.00. The predicted molar refractivity (Wildman–Crippen MR) is 94.6 cm³/mol. The number of benzene rings is 2. The van der Waals surface area contributed by atoms with Gasteiger partial charge >= 0.3 is 0 Å². The Labute approximate surface area is 141 Å². The molecule has 0 aliphatic carbocycles. The third-order valence-electron chi connectivity index (χ3n) is 4.01. The molecule has 0 saturated heterocycles. The molecule has 0 radical (unpaired) electrons. The molecule has 0 fully saturated rings. The van der Waals surface area contributed by atoms with Gasteiger partial charge in [0.05, 0.1) is 0 Å². The van der Waals surface area contributed by atoms with E-state index in [1.807, 2.05) is 54.7 Å². The number of hydrogen-bond acceptors (Lipinski definition) is 3. The molecule has 24 heavy (non-hydrogen) atoms. The first-order valence-electron chi connectivity index (χ1n) is 8.05. The summed E-state index contributed by atoms with van der Waals surface area (Å²) in [7, 11) is 1.70. The van der Waals surface area contributed by atoms with Gasteiger partial charge in [-0.15, -0.1) is 0 Å². The first kappa shape index (κ1) is 16.3. The van der Waals surface area contributed by atoms with Gasteiger partial charge in [-0.25, -0.2) is 0 Å². The van der Waals surface area contributed by atoms with Crippen LogP contribution in [0.1, 0.15) is 22.3 Å². The topological polar surface area (TPSA) is 40.5 Å². The predicted octanol–water partition coefficient (Wildman–Crippen LogP) is 4.07. The summed E-state index contributed by atoms with van der Waals surface area (Å²) in [5.41, 5.74) is 2.85. The summed E-state index contributed by atoms with van der Waals surface area (Å²) in [5.74, 6) is 0.768. The van der Waals surface area contributed by atoms with Gasteiger partial charge in [-0.3, -0.25) is 4.79 Å². The Kier molecular flexibility index (Phi) is 5.29. The van der Waals surface area contributed by atoms with Crippen molar-refractivity contribution in [2.24, 2.45) is 0 Å². The first-order chi connectivity index (χ1) is 11.8. The fourth-order valence-electron chi connectivity index (χ4n) is 2.79. The Balaban J connectivity index is 1.80. The van der Waals surface area contributed by atoms with E-state index >= 15 is 0 Å².